The summed E-state index contributed by atoms with van der Waals surface area (Å²) in [5.74, 6) is 0.00468. The van der Waals surface area contributed by atoms with Crippen molar-refractivity contribution in [1.29, 1.82) is 5.26 Å². The van der Waals surface area contributed by atoms with Gasteiger partial charge >= 0.3 is 0 Å². The number of anilines is 1. The fraction of sp³-hybridized carbons (Fsp3) is 0.435. The van der Waals surface area contributed by atoms with E-state index >= 15 is 0 Å². The Labute approximate surface area is 200 Å². The van der Waals surface area contributed by atoms with Gasteiger partial charge in [-0.1, -0.05) is 17.8 Å². The molecule has 0 saturated carbocycles. The Morgan fingerprint density at radius 1 is 1.15 bits per heavy atom. The molecule has 2 heterocycles. The van der Waals surface area contributed by atoms with Crippen LogP contribution in [0.25, 0.3) is 0 Å². The van der Waals surface area contributed by atoms with E-state index in [9.17, 15) is 13.2 Å². The van der Waals surface area contributed by atoms with E-state index in [-0.39, 0.29) is 23.0 Å². The van der Waals surface area contributed by atoms with Gasteiger partial charge in [0, 0.05) is 44.6 Å². The second-order valence-electron chi connectivity index (χ2n) is 8.05. The molecule has 1 aliphatic heterocycles. The zero-order valence-corrected chi connectivity index (χ0v) is 20.8. The summed E-state index contributed by atoms with van der Waals surface area (Å²) in [7, 11) is -1.60. The molecule has 3 rings (SSSR count). The topological polar surface area (TPSA) is 97.6 Å². The SMILES string of the molecule is Cc1ccc(N(CCC#N)C(=O)CSc2ccc(S(=O)(=O)N3CCN(C)CC3)cn2)cc1C. The highest BCUT2D eigenvalue weighted by Gasteiger charge is 2.27. The van der Waals surface area contributed by atoms with Gasteiger partial charge in [0.15, 0.2) is 0 Å². The Morgan fingerprint density at radius 3 is 2.48 bits per heavy atom. The molecule has 0 aliphatic carbocycles. The van der Waals surface area contributed by atoms with Crippen LogP contribution in [0.4, 0.5) is 5.69 Å². The first-order valence-corrected chi connectivity index (χ1v) is 13.2. The zero-order valence-electron chi connectivity index (χ0n) is 19.2. The molecule has 1 aliphatic rings. The summed E-state index contributed by atoms with van der Waals surface area (Å²) in [6, 6.07) is 11.1. The molecule has 8 nitrogen and oxygen atoms in total. The smallest absolute Gasteiger partial charge is 0.244 e. The van der Waals surface area contributed by atoms with Crippen molar-refractivity contribution >= 4 is 33.4 Å². The number of nitrogens with zero attached hydrogens (tertiary/aromatic N) is 5. The first kappa shape index (κ1) is 25.2. The molecular formula is C23H29N5O3S2. The van der Waals surface area contributed by atoms with Crippen molar-refractivity contribution in [3.8, 4) is 6.07 Å². The molecule has 0 N–H and O–H groups in total. The van der Waals surface area contributed by atoms with Crippen LogP contribution >= 0.6 is 11.8 Å². The Kier molecular flexibility index (Phi) is 8.48. The number of aromatic nitrogens is 1. The molecule has 0 spiro atoms. The highest BCUT2D eigenvalue weighted by atomic mass is 32.2. The van der Waals surface area contributed by atoms with Gasteiger partial charge in [-0.25, -0.2) is 13.4 Å². The van der Waals surface area contributed by atoms with Gasteiger partial charge in [-0.05, 0) is 56.3 Å². The van der Waals surface area contributed by atoms with Crippen LogP contribution in [0.3, 0.4) is 0 Å². The average molecular weight is 488 g/mol. The van der Waals surface area contributed by atoms with Crippen LogP contribution in [-0.2, 0) is 14.8 Å². The summed E-state index contributed by atoms with van der Waals surface area (Å²) >= 11 is 1.25. The van der Waals surface area contributed by atoms with E-state index in [4.69, 9.17) is 5.26 Å². The van der Waals surface area contributed by atoms with Gasteiger partial charge in [0.05, 0.1) is 23.3 Å². The number of likely N-dealkylation sites (N-methyl/N-ethyl adjacent to an activating group) is 1. The van der Waals surface area contributed by atoms with Gasteiger partial charge in [0.25, 0.3) is 0 Å². The number of carbonyl (C=O) groups excluding carboxylic acids is 1. The number of hydrogen-bond acceptors (Lipinski definition) is 7. The minimum Gasteiger partial charge on any atom is -0.311 e. The highest BCUT2D eigenvalue weighted by Crippen LogP contribution is 2.24. The van der Waals surface area contributed by atoms with E-state index < -0.39 is 10.0 Å². The number of pyridine rings is 1. The number of hydrogen-bond donors (Lipinski definition) is 0. The van der Waals surface area contributed by atoms with Crippen LogP contribution in [0.1, 0.15) is 17.5 Å². The third kappa shape index (κ3) is 6.32. The van der Waals surface area contributed by atoms with Crippen LogP contribution in [0, 0.1) is 25.2 Å². The molecule has 0 unspecified atom stereocenters. The fourth-order valence-corrected chi connectivity index (χ4v) is 5.54. The fourth-order valence-electron chi connectivity index (χ4n) is 3.45. The number of rotatable bonds is 8. The Bertz CT molecular complexity index is 1120. The number of piperazine rings is 1. The van der Waals surface area contributed by atoms with Crippen LogP contribution in [0.15, 0.2) is 46.5 Å². The van der Waals surface area contributed by atoms with E-state index in [0.29, 0.717) is 37.7 Å². The van der Waals surface area contributed by atoms with Crippen LogP contribution < -0.4 is 4.90 Å². The maximum absolute atomic E-state index is 12.9. The number of nitriles is 1. The van der Waals surface area contributed by atoms with Crippen LogP contribution in [0.2, 0.25) is 0 Å². The highest BCUT2D eigenvalue weighted by molar-refractivity contribution is 7.99. The maximum Gasteiger partial charge on any atom is 0.244 e. The molecule has 1 saturated heterocycles. The summed E-state index contributed by atoms with van der Waals surface area (Å²) in [6.07, 6.45) is 1.59. The van der Waals surface area contributed by atoms with Gasteiger partial charge in [-0.2, -0.15) is 9.57 Å². The van der Waals surface area contributed by atoms with Crippen LogP contribution in [-0.4, -0.2) is 74.0 Å². The summed E-state index contributed by atoms with van der Waals surface area (Å²) in [6.45, 7) is 6.63. The summed E-state index contributed by atoms with van der Waals surface area (Å²) < 4.78 is 27.2. The Balaban J connectivity index is 1.66. The normalized spacial score (nSPS) is 15.2. The standard InChI is InChI=1S/C23H29N5O3S2/c1-18-5-6-20(15-19(18)2)28(10-4-9-24)23(29)17-32-22-8-7-21(16-25-22)33(30,31)27-13-11-26(3)12-14-27/h5-8,15-16H,4,10-14,17H2,1-3H3. The lowest BCUT2D eigenvalue weighted by Crippen LogP contribution is -2.47. The number of carbonyl (C=O) groups is 1. The van der Waals surface area contributed by atoms with Gasteiger partial charge in [0.1, 0.15) is 4.90 Å². The van der Waals surface area contributed by atoms with E-state index in [0.717, 1.165) is 16.8 Å². The third-order valence-corrected chi connectivity index (χ3v) is 8.51. The minimum atomic E-state index is -3.57. The van der Waals surface area contributed by atoms with Crippen molar-refractivity contribution in [3.05, 3.63) is 47.7 Å². The molecule has 176 valence electrons. The third-order valence-electron chi connectivity index (χ3n) is 5.70. The quantitative estimate of drug-likeness (QED) is 0.528. The Hall–Kier alpha value is -2.45. The predicted octanol–water partition coefficient (Wildman–Crippen LogP) is 2.67. The molecule has 0 radical (unpaired) electrons. The molecule has 2 aromatic rings. The monoisotopic (exact) mass is 487 g/mol. The zero-order chi connectivity index (χ0) is 24.0. The number of aryl methyl sites for hydroxylation is 2. The lowest BCUT2D eigenvalue weighted by Gasteiger charge is -2.31. The largest absolute Gasteiger partial charge is 0.311 e. The summed E-state index contributed by atoms with van der Waals surface area (Å²) in [5, 5.41) is 9.56. The van der Waals surface area contributed by atoms with Crippen LogP contribution in [0.5, 0.6) is 0 Å². The first-order chi connectivity index (χ1) is 15.7. The summed E-state index contributed by atoms with van der Waals surface area (Å²) in [5.41, 5.74) is 2.98. The first-order valence-electron chi connectivity index (χ1n) is 10.7. The molecule has 1 fully saturated rings. The molecule has 1 aromatic heterocycles. The van der Waals surface area contributed by atoms with Crippen molar-refractivity contribution in [2.45, 2.75) is 30.2 Å². The van der Waals surface area contributed by atoms with E-state index in [1.807, 2.05) is 39.1 Å². The second-order valence-corrected chi connectivity index (χ2v) is 11.0. The van der Waals surface area contributed by atoms with E-state index in [1.54, 1.807) is 17.0 Å². The lowest BCUT2D eigenvalue weighted by atomic mass is 10.1. The lowest BCUT2D eigenvalue weighted by molar-refractivity contribution is -0.116. The van der Waals surface area contributed by atoms with Gasteiger partial charge in [-0.3, -0.25) is 4.79 Å². The molecule has 1 aromatic carbocycles. The van der Waals surface area contributed by atoms with Gasteiger partial charge in [-0.15, -0.1) is 0 Å². The molecule has 0 atom stereocenters. The molecule has 1 amide bonds. The predicted molar refractivity (Wildman–Crippen MR) is 130 cm³/mol. The average Bonchev–Trinajstić information content (AvgIpc) is 2.80. The maximum atomic E-state index is 12.9. The van der Waals surface area contributed by atoms with Crippen molar-refractivity contribution < 1.29 is 13.2 Å². The molecule has 33 heavy (non-hydrogen) atoms. The van der Waals surface area contributed by atoms with E-state index in [1.165, 1.54) is 22.3 Å². The van der Waals surface area contributed by atoms with Gasteiger partial charge in [0.2, 0.25) is 15.9 Å². The van der Waals surface area contributed by atoms with Crippen molar-refractivity contribution in [3.63, 3.8) is 0 Å². The van der Waals surface area contributed by atoms with Gasteiger partial charge < -0.3 is 9.80 Å². The Morgan fingerprint density at radius 2 is 1.88 bits per heavy atom. The number of amides is 1. The molecule has 10 heteroatoms. The van der Waals surface area contributed by atoms with Crippen molar-refractivity contribution in [2.24, 2.45) is 0 Å². The van der Waals surface area contributed by atoms with E-state index in [2.05, 4.69) is 16.0 Å². The molecule has 0 bridgehead atoms. The number of benzene rings is 1. The van der Waals surface area contributed by atoms with Crippen molar-refractivity contribution in [1.82, 2.24) is 14.2 Å². The number of thioether (sulfide) groups is 1. The van der Waals surface area contributed by atoms with Crippen molar-refractivity contribution in [2.75, 3.05) is 50.4 Å². The number of sulfonamides is 1. The minimum absolute atomic E-state index is 0.130. The molecular weight excluding hydrogens is 458 g/mol. The summed E-state index contributed by atoms with van der Waals surface area (Å²) in [4.78, 5) is 21.1. The second kappa shape index (κ2) is 11.1.